The van der Waals surface area contributed by atoms with E-state index in [1.165, 1.54) is 18.0 Å². The summed E-state index contributed by atoms with van der Waals surface area (Å²) in [5.41, 5.74) is 0.591. The first-order valence-electron chi connectivity index (χ1n) is 8.95. The van der Waals surface area contributed by atoms with Gasteiger partial charge < -0.3 is 39.1 Å². The third kappa shape index (κ3) is 5.44. The van der Waals surface area contributed by atoms with Crippen LogP contribution in [0, 0.1) is 0 Å². The van der Waals surface area contributed by atoms with E-state index in [4.69, 9.17) is 35.6 Å². The van der Waals surface area contributed by atoms with Crippen LogP contribution in [-0.4, -0.2) is 98.1 Å². The first kappa shape index (κ1) is 23.3. The minimum atomic E-state index is -4.37. The van der Waals surface area contributed by atoms with Gasteiger partial charge in [0, 0.05) is 20.2 Å². The molecule has 3 atom stereocenters. The third-order valence-electron chi connectivity index (χ3n) is 4.50. The predicted octanol–water partition coefficient (Wildman–Crippen LogP) is -0.665. The molecule has 2 aromatic rings. The zero-order valence-corrected chi connectivity index (χ0v) is 17.7. The Morgan fingerprint density at radius 3 is 2.63 bits per heavy atom. The SMILES string of the molecule is CO[C@H](COCP(=O)(O)O)[C@@H](O)[C@@H](O)n1cnc2c(N3CCOCC3)nc(Cl)nc21. The molecule has 1 saturated heterocycles. The lowest BCUT2D eigenvalue weighted by Gasteiger charge is -2.28. The smallest absolute Gasteiger partial charge is 0.350 e. The van der Waals surface area contributed by atoms with Gasteiger partial charge in [-0.15, -0.1) is 0 Å². The lowest BCUT2D eigenvalue weighted by Crippen LogP contribution is -2.39. The maximum Gasteiger partial charge on any atom is 0.350 e. The van der Waals surface area contributed by atoms with Gasteiger partial charge in [0.25, 0.3) is 0 Å². The van der Waals surface area contributed by atoms with Gasteiger partial charge in [0.05, 0.1) is 26.1 Å². The van der Waals surface area contributed by atoms with Crippen molar-refractivity contribution in [3.05, 3.63) is 11.6 Å². The lowest BCUT2D eigenvalue weighted by molar-refractivity contribution is -0.122. The fourth-order valence-corrected chi connectivity index (χ4v) is 3.52. The lowest BCUT2D eigenvalue weighted by atomic mass is 10.2. The second-order valence-corrected chi connectivity index (χ2v) is 8.51. The molecule has 0 amide bonds. The highest BCUT2D eigenvalue weighted by atomic mass is 35.5. The van der Waals surface area contributed by atoms with Crippen molar-refractivity contribution in [3.63, 3.8) is 0 Å². The molecule has 168 valence electrons. The fraction of sp³-hybridized carbons (Fsp3) is 0.667. The van der Waals surface area contributed by atoms with Crippen LogP contribution >= 0.6 is 19.2 Å². The van der Waals surface area contributed by atoms with Gasteiger partial charge in [-0.2, -0.15) is 9.97 Å². The van der Waals surface area contributed by atoms with Gasteiger partial charge in [0.15, 0.2) is 23.2 Å². The number of morpholine rings is 1. The Hall–Kier alpha value is -1.41. The average molecular weight is 468 g/mol. The van der Waals surface area contributed by atoms with Gasteiger partial charge in [0.1, 0.15) is 18.6 Å². The number of aliphatic hydroxyl groups is 2. The summed E-state index contributed by atoms with van der Waals surface area (Å²) in [6.45, 7) is 1.86. The summed E-state index contributed by atoms with van der Waals surface area (Å²) >= 11 is 6.07. The quantitative estimate of drug-likeness (QED) is 0.271. The summed E-state index contributed by atoms with van der Waals surface area (Å²) in [6, 6.07) is 0. The highest BCUT2D eigenvalue weighted by Gasteiger charge is 2.31. The molecule has 0 bridgehead atoms. The number of methoxy groups -OCH3 is 1. The molecule has 0 saturated carbocycles. The number of halogens is 1. The summed E-state index contributed by atoms with van der Waals surface area (Å²) < 4.78 is 27.4. The number of fused-ring (bicyclic) bond motifs is 1. The van der Waals surface area contributed by atoms with Crippen molar-refractivity contribution >= 4 is 36.2 Å². The second-order valence-electron chi connectivity index (χ2n) is 6.58. The summed E-state index contributed by atoms with van der Waals surface area (Å²) in [4.78, 5) is 32.3. The van der Waals surface area contributed by atoms with E-state index in [1.807, 2.05) is 4.90 Å². The Morgan fingerprint density at radius 1 is 1.30 bits per heavy atom. The van der Waals surface area contributed by atoms with Gasteiger partial charge in [0.2, 0.25) is 5.28 Å². The Labute approximate surface area is 176 Å². The van der Waals surface area contributed by atoms with Gasteiger partial charge in [-0.05, 0) is 11.6 Å². The maximum absolute atomic E-state index is 10.9. The normalized spacial score (nSPS) is 18.5. The Morgan fingerprint density at radius 2 is 2.00 bits per heavy atom. The number of aliphatic hydroxyl groups excluding tert-OH is 2. The van der Waals surface area contributed by atoms with E-state index >= 15 is 0 Å². The van der Waals surface area contributed by atoms with E-state index in [0.717, 1.165) is 0 Å². The molecular weight excluding hydrogens is 445 g/mol. The van der Waals surface area contributed by atoms with Crippen LogP contribution < -0.4 is 4.90 Å². The van der Waals surface area contributed by atoms with Crippen LogP contribution in [0.5, 0.6) is 0 Å². The van der Waals surface area contributed by atoms with Crippen LogP contribution in [-0.2, 0) is 18.8 Å². The van der Waals surface area contributed by atoms with Crippen LogP contribution in [0.2, 0.25) is 5.28 Å². The van der Waals surface area contributed by atoms with E-state index in [1.54, 1.807) is 0 Å². The first-order valence-corrected chi connectivity index (χ1v) is 11.1. The number of hydrogen-bond acceptors (Lipinski definition) is 10. The first-order chi connectivity index (χ1) is 14.2. The topological polar surface area (TPSA) is 173 Å². The van der Waals surface area contributed by atoms with E-state index in [9.17, 15) is 14.8 Å². The van der Waals surface area contributed by atoms with Gasteiger partial charge in [-0.3, -0.25) is 9.13 Å². The Balaban J connectivity index is 1.82. The molecule has 13 nitrogen and oxygen atoms in total. The number of nitrogens with zero attached hydrogens (tertiary/aromatic N) is 5. The summed E-state index contributed by atoms with van der Waals surface area (Å²) in [5, 5.41) is 21.1. The fourth-order valence-electron chi connectivity index (χ4n) is 3.02. The number of aromatic nitrogens is 4. The van der Waals surface area contributed by atoms with E-state index in [-0.39, 0.29) is 17.5 Å². The molecule has 1 fully saturated rings. The Kier molecular flexibility index (Phi) is 7.61. The second kappa shape index (κ2) is 9.81. The van der Waals surface area contributed by atoms with E-state index in [0.29, 0.717) is 37.6 Å². The highest BCUT2D eigenvalue weighted by Crippen LogP contribution is 2.34. The molecule has 4 N–H and O–H groups in total. The maximum atomic E-state index is 10.9. The van der Waals surface area contributed by atoms with Crippen LogP contribution in [0.3, 0.4) is 0 Å². The van der Waals surface area contributed by atoms with Crippen LogP contribution in [0.1, 0.15) is 6.23 Å². The summed E-state index contributed by atoms with van der Waals surface area (Å²) in [6.07, 6.45) is -3.71. The summed E-state index contributed by atoms with van der Waals surface area (Å²) in [5.74, 6) is 0.488. The minimum absolute atomic E-state index is 0.0549. The Bertz CT molecular complexity index is 905. The number of ether oxygens (including phenoxy) is 3. The molecule has 0 spiro atoms. The van der Waals surface area contributed by atoms with Crippen LogP contribution in [0.4, 0.5) is 5.82 Å². The monoisotopic (exact) mass is 467 g/mol. The van der Waals surface area contributed by atoms with Gasteiger partial charge in [-0.25, -0.2) is 4.98 Å². The van der Waals surface area contributed by atoms with Crippen LogP contribution in [0.15, 0.2) is 6.33 Å². The molecule has 1 aliphatic heterocycles. The minimum Gasteiger partial charge on any atom is -0.386 e. The van der Waals surface area contributed by atoms with Gasteiger partial charge >= 0.3 is 7.60 Å². The molecule has 1 aliphatic rings. The van der Waals surface area contributed by atoms with Crippen molar-refractivity contribution < 1.29 is 38.8 Å². The molecule has 2 aromatic heterocycles. The van der Waals surface area contributed by atoms with Crippen molar-refractivity contribution in [3.8, 4) is 0 Å². The molecule has 3 heterocycles. The molecule has 0 aromatic carbocycles. The largest absolute Gasteiger partial charge is 0.386 e. The predicted molar refractivity (Wildman–Crippen MR) is 104 cm³/mol. The molecule has 0 unspecified atom stereocenters. The van der Waals surface area contributed by atoms with Crippen molar-refractivity contribution in [1.82, 2.24) is 19.5 Å². The molecular formula is C15H23ClN5O8P. The average Bonchev–Trinajstić information content (AvgIpc) is 3.13. The third-order valence-corrected chi connectivity index (χ3v) is 5.19. The zero-order valence-electron chi connectivity index (χ0n) is 16.0. The summed E-state index contributed by atoms with van der Waals surface area (Å²) in [7, 11) is -3.11. The number of anilines is 1. The van der Waals surface area contributed by atoms with Gasteiger partial charge in [-0.1, -0.05) is 0 Å². The van der Waals surface area contributed by atoms with E-state index < -0.39 is 32.4 Å². The number of imidazole rings is 1. The standard InChI is InChI=1S/C15H23ClN5O8P/c1-27-9(6-29-8-30(24,25)26)11(22)14(23)21-7-17-10-12(18-15(16)19-13(10)21)20-2-4-28-5-3-20/h7,9,11,14,22-23H,2-6,8H2,1H3,(H2,24,25,26)/t9-,11-,14-/m1/s1. The van der Waals surface area contributed by atoms with Crippen molar-refractivity contribution in [2.24, 2.45) is 0 Å². The highest BCUT2D eigenvalue weighted by molar-refractivity contribution is 7.51. The zero-order chi connectivity index (χ0) is 21.9. The van der Waals surface area contributed by atoms with Crippen LogP contribution in [0.25, 0.3) is 11.2 Å². The van der Waals surface area contributed by atoms with Crippen molar-refractivity contribution in [2.45, 2.75) is 18.4 Å². The van der Waals surface area contributed by atoms with E-state index in [2.05, 4.69) is 15.0 Å². The molecule has 0 radical (unpaired) electrons. The molecule has 15 heteroatoms. The van der Waals surface area contributed by atoms with Crippen molar-refractivity contribution in [2.75, 3.05) is 51.3 Å². The molecule has 3 rings (SSSR count). The van der Waals surface area contributed by atoms with Crippen molar-refractivity contribution in [1.29, 1.82) is 0 Å². The molecule has 30 heavy (non-hydrogen) atoms. The number of hydrogen-bond donors (Lipinski definition) is 4. The number of rotatable bonds is 9. The molecule has 0 aliphatic carbocycles.